The summed E-state index contributed by atoms with van der Waals surface area (Å²) >= 11 is 0. The minimum absolute atomic E-state index is 0.00755. The summed E-state index contributed by atoms with van der Waals surface area (Å²) in [5.41, 5.74) is 0. The van der Waals surface area contributed by atoms with Gasteiger partial charge in [0.05, 0.1) is 25.4 Å². The van der Waals surface area contributed by atoms with Crippen LogP contribution < -0.4 is 5.32 Å². The van der Waals surface area contributed by atoms with Crippen LogP contribution in [0.1, 0.15) is 335 Å². The van der Waals surface area contributed by atoms with E-state index in [1.54, 1.807) is 0 Å². The maximum absolute atomic E-state index is 12.5. The average molecular weight is 933 g/mol. The van der Waals surface area contributed by atoms with Gasteiger partial charge in [-0.1, -0.05) is 283 Å². The summed E-state index contributed by atoms with van der Waals surface area (Å²) in [4.78, 5) is 24.5. The van der Waals surface area contributed by atoms with Crippen LogP contribution in [-0.2, 0) is 14.3 Å². The SMILES string of the molecule is CCCCCCCCCCCCCCCCCCCC(O)C(CO)NC(=O)CCCCCCCCC/C=C\CCCCCCCCCCCOC(=O)CCCCCCCCCCCCCC. The number of rotatable bonds is 56. The Morgan fingerprint density at radius 3 is 1.08 bits per heavy atom. The summed E-state index contributed by atoms with van der Waals surface area (Å²) in [5.74, 6) is -0.0333. The highest BCUT2D eigenvalue weighted by molar-refractivity contribution is 5.76. The fraction of sp³-hybridized carbons (Fsp3) is 0.933. The Morgan fingerprint density at radius 1 is 0.409 bits per heavy atom. The van der Waals surface area contributed by atoms with Crippen LogP contribution in [-0.4, -0.2) is 47.4 Å². The molecule has 0 bridgehead atoms. The topological polar surface area (TPSA) is 95.9 Å². The van der Waals surface area contributed by atoms with E-state index in [0.29, 0.717) is 25.9 Å². The second kappa shape index (κ2) is 56.2. The van der Waals surface area contributed by atoms with Crippen LogP contribution in [0.4, 0.5) is 0 Å². The fourth-order valence-electron chi connectivity index (χ4n) is 9.46. The zero-order valence-corrected chi connectivity index (χ0v) is 44.7. The number of amides is 1. The number of ether oxygens (including phenoxy) is 1. The number of carbonyl (C=O) groups is 2. The maximum atomic E-state index is 12.5. The summed E-state index contributed by atoms with van der Waals surface area (Å²) < 4.78 is 5.47. The smallest absolute Gasteiger partial charge is 0.305 e. The molecule has 0 aliphatic carbocycles. The Balaban J connectivity index is 3.43. The monoisotopic (exact) mass is 932 g/mol. The fourth-order valence-corrected chi connectivity index (χ4v) is 9.46. The molecular formula is C60H117NO5. The van der Waals surface area contributed by atoms with E-state index in [9.17, 15) is 19.8 Å². The molecule has 0 aliphatic heterocycles. The van der Waals surface area contributed by atoms with Gasteiger partial charge in [-0.3, -0.25) is 9.59 Å². The van der Waals surface area contributed by atoms with E-state index in [4.69, 9.17) is 4.74 Å². The molecular weight excluding hydrogens is 815 g/mol. The molecule has 66 heavy (non-hydrogen) atoms. The molecule has 0 aromatic rings. The van der Waals surface area contributed by atoms with Crippen LogP contribution in [0.3, 0.4) is 0 Å². The lowest BCUT2D eigenvalue weighted by atomic mass is 10.0. The molecule has 392 valence electrons. The van der Waals surface area contributed by atoms with Crippen molar-refractivity contribution in [2.24, 2.45) is 0 Å². The second-order valence-electron chi connectivity index (χ2n) is 20.7. The number of nitrogens with one attached hydrogen (secondary N) is 1. The predicted molar refractivity (Wildman–Crippen MR) is 287 cm³/mol. The van der Waals surface area contributed by atoms with Gasteiger partial charge in [-0.25, -0.2) is 0 Å². The van der Waals surface area contributed by atoms with E-state index >= 15 is 0 Å². The number of aliphatic hydroxyl groups is 2. The van der Waals surface area contributed by atoms with Gasteiger partial charge >= 0.3 is 5.97 Å². The van der Waals surface area contributed by atoms with E-state index < -0.39 is 12.1 Å². The van der Waals surface area contributed by atoms with Crippen molar-refractivity contribution in [3.8, 4) is 0 Å². The molecule has 0 heterocycles. The Morgan fingerprint density at radius 2 is 0.712 bits per heavy atom. The van der Waals surface area contributed by atoms with E-state index in [1.165, 1.54) is 263 Å². The van der Waals surface area contributed by atoms with Gasteiger partial charge < -0.3 is 20.3 Å². The molecule has 2 unspecified atom stereocenters. The van der Waals surface area contributed by atoms with Gasteiger partial charge in [-0.15, -0.1) is 0 Å². The van der Waals surface area contributed by atoms with E-state index in [0.717, 1.165) is 38.5 Å². The Kier molecular flexibility index (Phi) is 55.0. The second-order valence-corrected chi connectivity index (χ2v) is 20.7. The van der Waals surface area contributed by atoms with E-state index in [2.05, 4.69) is 31.3 Å². The minimum atomic E-state index is -0.669. The van der Waals surface area contributed by atoms with Crippen molar-refractivity contribution in [1.82, 2.24) is 5.32 Å². The summed E-state index contributed by atoms with van der Waals surface area (Å²) in [5, 5.41) is 23.3. The van der Waals surface area contributed by atoms with Crippen molar-refractivity contribution in [2.75, 3.05) is 13.2 Å². The number of allylic oxidation sites excluding steroid dienone is 2. The van der Waals surface area contributed by atoms with Gasteiger partial charge in [-0.2, -0.15) is 0 Å². The number of esters is 1. The molecule has 0 aromatic heterocycles. The Labute approximate surface area is 412 Å². The van der Waals surface area contributed by atoms with Crippen LogP contribution in [0.5, 0.6) is 0 Å². The molecule has 0 aromatic carbocycles. The van der Waals surface area contributed by atoms with Crippen LogP contribution in [0.2, 0.25) is 0 Å². The molecule has 0 rings (SSSR count). The van der Waals surface area contributed by atoms with Gasteiger partial charge in [0.25, 0.3) is 0 Å². The normalized spacial score (nSPS) is 12.6. The quantitative estimate of drug-likeness (QED) is 0.0321. The van der Waals surface area contributed by atoms with Crippen molar-refractivity contribution in [3.63, 3.8) is 0 Å². The standard InChI is InChI=1S/C60H117NO5/c1-3-5-7-9-11-13-15-17-18-23-26-29-32-36-40-44-48-52-58(63)57(56-62)61-59(64)53-49-45-41-37-33-30-27-24-21-19-20-22-25-28-31-35-39-43-47-51-55-66-60(65)54-50-46-42-38-34-16-14-12-10-8-6-4-2/h19,21,57-58,62-63H,3-18,20,22-56H2,1-2H3,(H,61,64)/b21-19-. The highest BCUT2D eigenvalue weighted by Gasteiger charge is 2.20. The van der Waals surface area contributed by atoms with E-state index in [1.807, 2.05) is 0 Å². The molecule has 2 atom stereocenters. The molecule has 0 aliphatic rings. The first-order valence-corrected chi connectivity index (χ1v) is 29.9. The lowest BCUT2D eigenvalue weighted by Crippen LogP contribution is -2.45. The summed E-state index contributed by atoms with van der Waals surface area (Å²) in [6, 6.07) is -0.547. The molecule has 6 heteroatoms. The van der Waals surface area contributed by atoms with Crippen LogP contribution in [0.15, 0.2) is 12.2 Å². The Bertz CT molecular complexity index is 986. The molecule has 3 N–H and O–H groups in total. The molecule has 0 saturated heterocycles. The Hall–Kier alpha value is -1.40. The molecule has 0 spiro atoms. The molecule has 0 saturated carbocycles. The highest BCUT2D eigenvalue weighted by Crippen LogP contribution is 2.18. The van der Waals surface area contributed by atoms with Crippen molar-refractivity contribution in [1.29, 1.82) is 0 Å². The van der Waals surface area contributed by atoms with Crippen LogP contribution in [0.25, 0.3) is 0 Å². The average Bonchev–Trinajstić information content (AvgIpc) is 3.32. The van der Waals surface area contributed by atoms with Crippen molar-refractivity contribution >= 4 is 11.9 Å². The van der Waals surface area contributed by atoms with Gasteiger partial charge in [0, 0.05) is 12.8 Å². The predicted octanol–water partition coefficient (Wildman–Crippen LogP) is 18.5. The van der Waals surface area contributed by atoms with Gasteiger partial charge in [0.2, 0.25) is 5.91 Å². The van der Waals surface area contributed by atoms with Gasteiger partial charge in [0.15, 0.2) is 0 Å². The van der Waals surface area contributed by atoms with E-state index in [-0.39, 0.29) is 18.5 Å². The lowest BCUT2D eigenvalue weighted by Gasteiger charge is -2.22. The highest BCUT2D eigenvalue weighted by atomic mass is 16.5. The first-order valence-electron chi connectivity index (χ1n) is 29.9. The zero-order chi connectivity index (χ0) is 47.9. The van der Waals surface area contributed by atoms with Crippen molar-refractivity contribution in [3.05, 3.63) is 12.2 Å². The molecule has 0 radical (unpaired) electrons. The number of hydrogen-bond acceptors (Lipinski definition) is 5. The number of carbonyl (C=O) groups excluding carboxylic acids is 2. The largest absolute Gasteiger partial charge is 0.466 e. The minimum Gasteiger partial charge on any atom is -0.466 e. The number of aliphatic hydroxyl groups excluding tert-OH is 2. The molecule has 0 fully saturated rings. The first kappa shape index (κ1) is 64.6. The molecule has 6 nitrogen and oxygen atoms in total. The van der Waals surface area contributed by atoms with Crippen LogP contribution >= 0.6 is 0 Å². The van der Waals surface area contributed by atoms with Crippen molar-refractivity contribution < 1.29 is 24.5 Å². The third-order valence-corrected chi connectivity index (χ3v) is 14.1. The van der Waals surface area contributed by atoms with Gasteiger partial charge in [0.1, 0.15) is 0 Å². The third-order valence-electron chi connectivity index (χ3n) is 14.1. The first-order chi connectivity index (χ1) is 32.5. The number of unbranched alkanes of at least 4 members (excludes halogenated alkanes) is 43. The van der Waals surface area contributed by atoms with Crippen molar-refractivity contribution in [2.45, 2.75) is 347 Å². The molecule has 1 amide bonds. The zero-order valence-electron chi connectivity index (χ0n) is 44.7. The van der Waals surface area contributed by atoms with Gasteiger partial charge in [-0.05, 0) is 51.4 Å². The lowest BCUT2D eigenvalue weighted by molar-refractivity contribution is -0.143. The number of hydrogen-bond donors (Lipinski definition) is 3. The van der Waals surface area contributed by atoms with Crippen LogP contribution in [0, 0.1) is 0 Å². The summed E-state index contributed by atoms with van der Waals surface area (Å²) in [7, 11) is 0. The summed E-state index contributed by atoms with van der Waals surface area (Å²) in [6.07, 6.45) is 66.3. The third kappa shape index (κ3) is 52.0. The maximum Gasteiger partial charge on any atom is 0.305 e. The summed E-state index contributed by atoms with van der Waals surface area (Å²) in [6.45, 7) is 4.96.